The monoisotopic (exact) mass is 237 g/mol. The zero-order chi connectivity index (χ0) is 12.7. The Morgan fingerprint density at radius 1 is 1.12 bits per heavy atom. The van der Waals surface area contributed by atoms with Gasteiger partial charge in [-0.05, 0) is 43.1 Å². The van der Waals surface area contributed by atoms with E-state index in [0.717, 1.165) is 31.0 Å². The van der Waals surface area contributed by atoms with Crippen LogP contribution in [0, 0.1) is 0 Å². The molecule has 3 nitrogen and oxygen atoms in total. The van der Waals surface area contributed by atoms with Crippen LogP contribution in [0.2, 0.25) is 0 Å². The lowest BCUT2D eigenvalue weighted by Crippen LogP contribution is -2.16. The molecule has 1 rings (SSSR count). The summed E-state index contributed by atoms with van der Waals surface area (Å²) in [5.41, 5.74) is 1.26. The van der Waals surface area contributed by atoms with Crippen molar-refractivity contribution < 1.29 is 9.47 Å². The highest BCUT2D eigenvalue weighted by atomic mass is 16.5. The first kappa shape index (κ1) is 13.8. The van der Waals surface area contributed by atoms with Gasteiger partial charge in [-0.25, -0.2) is 0 Å². The van der Waals surface area contributed by atoms with Crippen LogP contribution in [0.1, 0.15) is 31.7 Å². The summed E-state index contributed by atoms with van der Waals surface area (Å²) in [5, 5.41) is 3.34. The Morgan fingerprint density at radius 2 is 1.71 bits per heavy atom. The number of ether oxygens (including phenoxy) is 2. The summed E-state index contributed by atoms with van der Waals surface area (Å²) in [6.45, 7) is 6.41. The Kier molecular flexibility index (Phi) is 5.84. The van der Waals surface area contributed by atoms with Crippen LogP contribution in [0.15, 0.2) is 18.2 Å². The third-order valence-electron chi connectivity index (χ3n) is 2.95. The standard InChI is InChI=1S/C14H23NO2/c1-5-15-7-6-11(2)12-8-13(16-3)10-14(9-12)17-4/h8-11,15H,5-7H2,1-4H3. The molecule has 17 heavy (non-hydrogen) atoms. The number of benzene rings is 1. The average Bonchev–Trinajstić information content (AvgIpc) is 2.38. The smallest absolute Gasteiger partial charge is 0.122 e. The second-order valence-electron chi connectivity index (χ2n) is 4.19. The normalized spacial score (nSPS) is 12.2. The molecule has 0 bridgehead atoms. The fourth-order valence-electron chi connectivity index (χ4n) is 1.78. The van der Waals surface area contributed by atoms with Gasteiger partial charge in [0.25, 0.3) is 0 Å². The Balaban J connectivity index is 2.73. The predicted molar refractivity (Wildman–Crippen MR) is 71.1 cm³/mol. The largest absolute Gasteiger partial charge is 0.497 e. The highest BCUT2D eigenvalue weighted by molar-refractivity contribution is 5.39. The Labute approximate surface area is 104 Å². The Bertz CT molecular complexity index is 317. The van der Waals surface area contributed by atoms with E-state index in [0.29, 0.717) is 5.92 Å². The minimum atomic E-state index is 0.498. The van der Waals surface area contributed by atoms with E-state index in [2.05, 4.69) is 31.3 Å². The van der Waals surface area contributed by atoms with Crippen molar-refractivity contribution in [3.63, 3.8) is 0 Å². The van der Waals surface area contributed by atoms with E-state index in [1.165, 1.54) is 5.56 Å². The van der Waals surface area contributed by atoms with E-state index in [1.807, 2.05) is 6.07 Å². The Hall–Kier alpha value is -1.22. The fraction of sp³-hybridized carbons (Fsp3) is 0.571. The van der Waals surface area contributed by atoms with E-state index < -0.39 is 0 Å². The summed E-state index contributed by atoms with van der Waals surface area (Å²) >= 11 is 0. The van der Waals surface area contributed by atoms with E-state index >= 15 is 0 Å². The molecule has 1 N–H and O–H groups in total. The number of rotatable bonds is 7. The van der Waals surface area contributed by atoms with Gasteiger partial charge in [0.2, 0.25) is 0 Å². The molecule has 0 saturated carbocycles. The van der Waals surface area contributed by atoms with Crippen molar-refractivity contribution in [1.29, 1.82) is 0 Å². The van der Waals surface area contributed by atoms with Gasteiger partial charge in [-0.1, -0.05) is 13.8 Å². The quantitative estimate of drug-likeness (QED) is 0.740. The maximum Gasteiger partial charge on any atom is 0.122 e. The van der Waals surface area contributed by atoms with Crippen LogP contribution in [0.3, 0.4) is 0 Å². The van der Waals surface area contributed by atoms with Crippen molar-refractivity contribution in [2.24, 2.45) is 0 Å². The maximum atomic E-state index is 5.28. The summed E-state index contributed by atoms with van der Waals surface area (Å²) in [6.07, 6.45) is 1.12. The minimum absolute atomic E-state index is 0.498. The van der Waals surface area contributed by atoms with E-state index in [-0.39, 0.29) is 0 Å². The SMILES string of the molecule is CCNCCC(C)c1cc(OC)cc(OC)c1. The zero-order valence-corrected chi connectivity index (χ0v) is 11.2. The van der Waals surface area contributed by atoms with Gasteiger partial charge in [-0.2, -0.15) is 0 Å². The van der Waals surface area contributed by atoms with Crippen molar-refractivity contribution in [2.75, 3.05) is 27.3 Å². The maximum absolute atomic E-state index is 5.28. The summed E-state index contributed by atoms with van der Waals surface area (Å²) in [4.78, 5) is 0. The van der Waals surface area contributed by atoms with Gasteiger partial charge in [0, 0.05) is 6.07 Å². The first-order valence-corrected chi connectivity index (χ1v) is 6.15. The van der Waals surface area contributed by atoms with Gasteiger partial charge >= 0.3 is 0 Å². The van der Waals surface area contributed by atoms with Gasteiger partial charge in [-0.15, -0.1) is 0 Å². The third kappa shape index (κ3) is 4.27. The van der Waals surface area contributed by atoms with Crippen LogP contribution in [0.4, 0.5) is 0 Å². The second kappa shape index (κ2) is 7.17. The number of nitrogens with one attached hydrogen (secondary N) is 1. The minimum Gasteiger partial charge on any atom is -0.497 e. The summed E-state index contributed by atoms with van der Waals surface area (Å²) in [6, 6.07) is 6.07. The molecule has 1 aromatic carbocycles. The van der Waals surface area contributed by atoms with Crippen LogP contribution < -0.4 is 14.8 Å². The molecule has 0 aliphatic rings. The highest BCUT2D eigenvalue weighted by Crippen LogP contribution is 2.28. The second-order valence-corrected chi connectivity index (χ2v) is 4.19. The molecule has 0 radical (unpaired) electrons. The molecular weight excluding hydrogens is 214 g/mol. The molecule has 0 aliphatic heterocycles. The third-order valence-corrected chi connectivity index (χ3v) is 2.95. The number of hydrogen-bond acceptors (Lipinski definition) is 3. The fourth-order valence-corrected chi connectivity index (χ4v) is 1.78. The summed E-state index contributed by atoms with van der Waals surface area (Å²) < 4.78 is 10.6. The van der Waals surface area contributed by atoms with Gasteiger partial charge < -0.3 is 14.8 Å². The molecule has 1 atom stereocenters. The van der Waals surface area contributed by atoms with Crippen LogP contribution in [0.25, 0.3) is 0 Å². The van der Waals surface area contributed by atoms with Crippen molar-refractivity contribution in [1.82, 2.24) is 5.32 Å². The lowest BCUT2D eigenvalue weighted by Gasteiger charge is -2.14. The topological polar surface area (TPSA) is 30.5 Å². The summed E-state index contributed by atoms with van der Waals surface area (Å²) in [5.74, 6) is 2.21. The molecule has 0 aromatic heterocycles. The molecule has 3 heteroatoms. The Morgan fingerprint density at radius 3 is 2.18 bits per heavy atom. The van der Waals surface area contributed by atoms with Gasteiger partial charge in [0.15, 0.2) is 0 Å². The van der Waals surface area contributed by atoms with E-state index in [9.17, 15) is 0 Å². The van der Waals surface area contributed by atoms with Gasteiger partial charge in [0.05, 0.1) is 14.2 Å². The lowest BCUT2D eigenvalue weighted by molar-refractivity contribution is 0.392. The highest BCUT2D eigenvalue weighted by Gasteiger charge is 2.08. The van der Waals surface area contributed by atoms with Crippen molar-refractivity contribution in [3.8, 4) is 11.5 Å². The molecule has 0 heterocycles. The van der Waals surface area contributed by atoms with Crippen molar-refractivity contribution in [2.45, 2.75) is 26.2 Å². The molecule has 1 aromatic rings. The molecule has 1 unspecified atom stereocenters. The zero-order valence-electron chi connectivity index (χ0n) is 11.2. The molecular formula is C14H23NO2. The number of methoxy groups -OCH3 is 2. The molecule has 0 fully saturated rings. The molecule has 0 spiro atoms. The first-order valence-electron chi connectivity index (χ1n) is 6.15. The van der Waals surface area contributed by atoms with Crippen molar-refractivity contribution in [3.05, 3.63) is 23.8 Å². The van der Waals surface area contributed by atoms with Crippen LogP contribution >= 0.6 is 0 Å². The molecule has 0 amide bonds. The first-order chi connectivity index (χ1) is 8.21. The summed E-state index contributed by atoms with van der Waals surface area (Å²) in [7, 11) is 3.36. The van der Waals surface area contributed by atoms with Crippen LogP contribution in [-0.2, 0) is 0 Å². The number of hydrogen-bond donors (Lipinski definition) is 1. The van der Waals surface area contributed by atoms with Gasteiger partial charge in [0.1, 0.15) is 11.5 Å². The van der Waals surface area contributed by atoms with Crippen molar-refractivity contribution >= 4 is 0 Å². The van der Waals surface area contributed by atoms with Gasteiger partial charge in [-0.3, -0.25) is 0 Å². The average molecular weight is 237 g/mol. The van der Waals surface area contributed by atoms with E-state index in [1.54, 1.807) is 14.2 Å². The van der Waals surface area contributed by atoms with E-state index in [4.69, 9.17) is 9.47 Å². The molecule has 0 saturated heterocycles. The lowest BCUT2D eigenvalue weighted by atomic mass is 9.97. The van der Waals surface area contributed by atoms with Crippen LogP contribution in [-0.4, -0.2) is 27.3 Å². The van der Waals surface area contributed by atoms with Crippen LogP contribution in [0.5, 0.6) is 11.5 Å². The molecule has 96 valence electrons. The predicted octanol–water partition coefficient (Wildman–Crippen LogP) is 2.81. The molecule has 0 aliphatic carbocycles.